The Bertz CT molecular complexity index is 1090. The Balaban J connectivity index is 1.58. The van der Waals surface area contributed by atoms with Crippen molar-refractivity contribution in [2.75, 3.05) is 0 Å². The van der Waals surface area contributed by atoms with Crippen molar-refractivity contribution in [1.29, 1.82) is 0 Å². The van der Waals surface area contributed by atoms with E-state index in [4.69, 9.17) is 4.74 Å². The Labute approximate surface area is 170 Å². The van der Waals surface area contributed by atoms with Gasteiger partial charge >= 0.3 is 6.09 Å². The quantitative estimate of drug-likeness (QED) is 0.643. The number of carbonyl (C=O) groups is 2. The van der Waals surface area contributed by atoms with E-state index in [1.165, 1.54) is 0 Å². The van der Waals surface area contributed by atoms with E-state index in [1.807, 2.05) is 63.2 Å². The van der Waals surface area contributed by atoms with Crippen LogP contribution in [0.25, 0.3) is 10.8 Å². The first-order valence-electron chi connectivity index (χ1n) is 9.81. The highest BCUT2D eigenvalue weighted by molar-refractivity contribution is 6.16. The highest BCUT2D eigenvalue weighted by Gasteiger charge is 2.27. The maximum absolute atomic E-state index is 13.2. The third kappa shape index (κ3) is 3.99. The number of fused-ring (bicyclic) bond motifs is 2. The fourth-order valence-corrected chi connectivity index (χ4v) is 3.83. The number of carbonyl (C=O) groups excluding carboxylic acids is 2. The monoisotopic (exact) mass is 388 g/mol. The zero-order valence-corrected chi connectivity index (χ0v) is 16.9. The number of hydrogen-bond acceptors (Lipinski definition) is 4. The Hall–Kier alpha value is -3.21. The Morgan fingerprint density at radius 1 is 1.14 bits per heavy atom. The summed E-state index contributed by atoms with van der Waals surface area (Å²) in [6.45, 7) is 5.53. The summed E-state index contributed by atoms with van der Waals surface area (Å²) in [4.78, 5) is 29.4. The van der Waals surface area contributed by atoms with Crippen molar-refractivity contribution < 1.29 is 14.3 Å². The number of rotatable bonds is 3. The predicted molar refractivity (Wildman–Crippen MR) is 112 cm³/mol. The summed E-state index contributed by atoms with van der Waals surface area (Å²) in [5.41, 5.74) is 2.95. The molecule has 5 nitrogen and oxygen atoms in total. The predicted octanol–water partition coefficient (Wildman–Crippen LogP) is 4.98. The minimum atomic E-state index is -0.532. The van der Waals surface area contributed by atoms with Gasteiger partial charge in [-0.1, -0.05) is 30.3 Å². The molecule has 0 saturated heterocycles. The molecule has 1 heterocycles. The topological polar surface area (TPSA) is 68.3 Å². The van der Waals surface area contributed by atoms with Crippen molar-refractivity contribution in [2.24, 2.45) is 0 Å². The Morgan fingerprint density at radius 3 is 2.76 bits per heavy atom. The summed E-state index contributed by atoms with van der Waals surface area (Å²) in [7, 11) is 0. The van der Waals surface area contributed by atoms with Crippen molar-refractivity contribution in [3.05, 3.63) is 77.1 Å². The minimum Gasteiger partial charge on any atom is -0.444 e. The van der Waals surface area contributed by atoms with Crippen LogP contribution in [0.5, 0.6) is 0 Å². The van der Waals surface area contributed by atoms with Crippen molar-refractivity contribution in [3.63, 3.8) is 0 Å². The molecular weight excluding hydrogens is 364 g/mol. The molecule has 0 unspecified atom stereocenters. The van der Waals surface area contributed by atoms with Crippen LogP contribution in [0.3, 0.4) is 0 Å². The summed E-state index contributed by atoms with van der Waals surface area (Å²) >= 11 is 0. The van der Waals surface area contributed by atoms with E-state index in [9.17, 15) is 9.59 Å². The van der Waals surface area contributed by atoms with Crippen LogP contribution < -0.4 is 5.32 Å². The molecule has 1 atom stereocenters. The largest absolute Gasteiger partial charge is 0.444 e. The number of alkyl carbamates (subject to hydrolysis) is 1. The van der Waals surface area contributed by atoms with Crippen LogP contribution in [0.1, 0.15) is 60.3 Å². The number of ether oxygens (including phenoxy) is 1. The second-order valence-corrected chi connectivity index (χ2v) is 8.38. The van der Waals surface area contributed by atoms with Crippen molar-refractivity contribution >= 4 is 22.6 Å². The molecule has 0 radical (unpaired) electrons. The average molecular weight is 388 g/mol. The molecule has 1 aliphatic rings. The first-order chi connectivity index (χ1) is 13.8. The van der Waals surface area contributed by atoms with Crippen molar-refractivity contribution in [1.82, 2.24) is 10.3 Å². The molecular formula is C24H24N2O3. The second-order valence-electron chi connectivity index (χ2n) is 8.38. The number of hydrogen-bond donors (Lipinski definition) is 1. The first-order valence-corrected chi connectivity index (χ1v) is 9.81. The number of pyridine rings is 1. The molecule has 3 aromatic rings. The lowest BCUT2D eigenvalue weighted by Gasteiger charge is -2.22. The molecule has 4 rings (SSSR count). The summed E-state index contributed by atoms with van der Waals surface area (Å²) in [6.07, 6.45) is 4.67. The number of benzene rings is 2. The molecule has 148 valence electrons. The lowest BCUT2D eigenvalue weighted by Crippen LogP contribution is -2.34. The average Bonchev–Trinajstić information content (AvgIpc) is 3.07. The highest BCUT2D eigenvalue weighted by Crippen LogP contribution is 2.33. The molecule has 29 heavy (non-hydrogen) atoms. The van der Waals surface area contributed by atoms with Gasteiger partial charge in [0, 0.05) is 28.9 Å². The molecule has 1 aliphatic carbocycles. The van der Waals surface area contributed by atoms with Gasteiger partial charge in [-0.3, -0.25) is 9.78 Å². The van der Waals surface area contributed by atoms with E-state index in [2.05, 4.69) is 10.3 Å². The lowest BCUT2D eigenvalue weighted by molar-refractivity contribution is 0.0503. The Morgan fingerprint density at radius 2 is 1.97 bits per heavy atom. The molecule has 1 amide bonds. The first kappa shape index (κ1) is 19.1. The van der Waals surface area contributed by atoms with Gasteiger partial charge in [0.1, 0.15) is 5.60 Å². The van der Waals surface area contributed by atoms with Crippen LogP contribution in [0, 0.1) is 0 Å². The van der Waals surface area contributed by atoms with E-state index < -0.39 is 11.7 Å². The minimum absolute atomic E-state index is 0.00634. The fraction of sp³-hybridized carbons (Fsp3) is 0.292. The molecule has 0 saturated carbocycles. The smallest absolute Gasteiger partial charge is 0.408 e. The number of nitrogens with zero attached hydrogens (tertiary/aromatic N) is 1. The molecule has 1 aromatic heterocycles. The van der Waals surface area contributed by atoms with Gasteiger partial charge in [-0.25, -0.2) is 4.79 Å². The zero-order chi connectivity index (χ0) is 20.6. The third-order valence-electron chi connectivity index (χ3n) is 5.10. The standard InChI is InChI=1S/C24H24N2O3/c1-24(2,3)29-23(28)26-21-10-8-15-13-16(7-9-19(15)21)22(27)20-6-4-5-17-14-25-12-11-18(17)20/h4-7,9,11-14,21H,8,10H2,1-3H3,(H,26,28)/t21-/m0/s1. The SMILES string of the molecule is CC(C)(C)OC(=O)N[C@H]1CCc2cc(C(=O)c3cccc4cnccc34)ccc21. The molecule has 5 heteroatoms. The summed E-state index contributed by atoms with van der Waals surface area (Å²) in [6, 6.07) is 13.2. The maximum Gasteiger partial charge on any atom is 0.408 e. The van der Waals surface area contributed by atoms with Crippen molar-refractivity contribution in [2.45, 2.75) is 45.3 Å². The molecule has 1 N–H and O–H groups in total. The molecule has 0 spiro atoms. The summed E-state index contributed by atoms with van der Waals surface area (Å²) in [5.74, 6) is -0.00634. The van der Waals surface area contributed by atoms with Crippen LogP contribution in [-0.2, 0) is 11.2 Å². The van der Waals surface area contributed by atoms with Gasteiger partial charge in [0.05, 0.1) is 6.04 Å². The Kier molecular flexibility index (Phi) is 4.82. The van der Waals surface area contributed by atoms with E-state index in [-0.39, 0.29) is 11.8 Å². The van der Waals surface area contributed by atoms with E-state index >= 15 is 0 Å². The number of nitrogens with one attached hydrogen (secondary N) is 1. The normalized spacial score (nSPS) is 15.8. The van der Waals surface area contributed by atoms with Gasteiger partial charge in [-0.15, -0.1) is 0 Å². The maximum atomic E-state index is 13.2. The van der Waals surface area contributed by atoms with Crippen LogP contribution in [0.2, 0.25) is 0 Å². The van der Waals surface area contributed by atoms with Crippen LogP contribution >= 0.6 is 0 Å². The van der Waals surface area contributed by atoms with E-state index in [0.717, 1.165) is 34.7 Å². The molecule has 0 fully saturated rings. The van der Waals surface area contributed by atoms with Gasteiger partial charge < -0.3 is 10.1 Å². The summed E-state index contributed by atoms with van der Waals surface area (Å²) in [5, 5.41) is 4.79. The summed E-state index contributed by atoms with van der Waals surface area (Å²) < 4.78 is 5.37. The fourth-order valence-electron chi connectivity index (χ4n) is 3.83. The van der Waals surface area contributed by atoms with Crippen LogP contribution in [0.15, 0.2) is 54.9 Å². The lowest BCUT2D eigenvalue weighted by atomic mass is 9.96. The van der Waals surface area contributed by atoms with Crippen LogP contribution in [0.4, 0.5) is 4.79 Å². The van der Waals surface area contributed by atoms with Gasteiger partial charge in [0.2, 0.25) is 0 Å². The zero-order valence-electron chi connectivity index (χ0n) is 16.9. The third-order valence-corrected chi connectivity index (χ3v) is 5.10. The van der Waals surface area contributed by atoms with Gasteiger partial charge in [0.25, 0.3) is 0 Å². The second kappa shape index (κ2) is 7.32. The molecule has 2 aromatic carbocycles. The van der Waals surface area contributed by atoms with Crippen molar-refractivity contribution in [3.8, 4) is 0 Å². The number of amides is 1. The number of aromatic nitrogens is 1. The van der Waals surface area contributed by atoms with Gasteiger partial charge in [-0.05, 0) is 62.3 Å². The highest BCUT2D eigenvalue weighted by atomic mass is 16.6. The molecule has 0 bridgehead atoms. The van der Waals surface area contributed by atoms with E-state index in [0.29, 0.717) is 11.1 Å². The van der Waals surface area contributed by atoms with E-state index in [1.54, 1.807) is 12.4 Å². The van der Waals surface area contributed by atoms with Gasteiger partial charge in [0.15, 0.2) is 5.78 Å². The number of ketones is 1. The van der Waals surface area contributed by atoms with Gasteiger partial charge in [-0.2, -0.15) is 0 Å². The van der Waals surface area contributed by atoms with Crippen LogP contribution in [-0.4, -0.2) is 22.5 Å². The number of aryl methyl sites for hydroxylation is 1. The molecule has 0 aliphatic heterocycles.